The summed E-state index contributed by atoms with van der Waals surface area (Å²) in [4.78, 5) is 4.15. The van der Waals surface area contributed by atoms with E-state index in [2.05, 4.69) is 33.6 Å². The summed E-state index contributed by atoms with van der Waals surface area (Å²) in [7, 11) is 0. The van der Waals surface area contributed by atoms with Crippen molar-refractivity contribution < 1.29 is 0 Å². The highest BCUT2D eigenvalue weighted by Crippen LogP contribution is 2.00. The van der Waals surface area contributed by atoms with E-state index < -0.39 is 0 Å². The second kappa shape index (κ2) is 7.08. The van der Waals surface area contributed by atoms with Crippen LogP contribution in [0.4, 0.5) is 0 Å². The predicted molar refractivity (Wildman–Crippen MR) is 62.3 cm³/mol. The first kappa shape index (κ1) is 11.8. The van der Waals surface area contributed by atoms with Gasteiger partial charge in [-0.2, -0.15) is 0 Å². The maximum absolute atomic E-state index is 4.15. The van der Waals surface area contributed by atoms with E-state index in [4.69, 9.17) is 0 Å². The Hall–Kier alpha value is -1.27. The molecule has 3 heteroatoms. The minimum Gasteiger partial charge on any atom is -0.333 e. The van der Waals surface area contributed by atoms with E-state index in [1.807, 2.05) is 19.4 Å². The zero-order chi connectivity index (χ0) is 10.9. The standard InChI is InChI=1S/C12H19N3/c1-3-5-6-7-13-9-12-10-14-11-15(12)8-4-2/h10-11,13H,4,6-9H2,1-2H3. The van der Waals surface area contributed by atoms with Crippen molar-refractivity contribution in [1.29, 1.82) is 0 Å². The molecule has 0 aliphatic rings. The highest BCUT2D eigenvalue weighted by Gasteiger charge is 1.99. The lowest BCUT2D eigenvalue weighted by molar-refractivity contribution is 0.605. The molecule has 0 bridgehead atoms. The fourth-order valence-electron chi connectivity index (χ4n) is 1.43. The number of nitrogens with one attached hydrogen (secondary N) is 1. The van der Waals surface area contributed by atoms with Crippen molar-refractivity contribution in [2.75, 3.05) is 6.54 Å². The van der Waals surface area contributed by atoms with Gasteiger partial charge in [0.2, 0.25) is 0 Å². The van der Waals surface area contributed by atoms with Crippen LogP contribution in [0.5, 0.6) is 0 Å². The second-order valence-electron chi connectivity index (χ2n) is 3.43. The van der Waals surface area contributed by atoms with Gasteiger partial charge in [-0.25, -0.2) is 4.98 Å². The highest BCUT2D eigenvalue weighted by atomic mass is 15.1. The molecule has 3 nitrogen and oxygen atoms in total. The number of nitrogens with zero attached hydrogens (tertiary/aromatic N) is 2. The molecule has 0 aliphatic heterocycles. The monoisotopic (exact) mass is 205 g/mol. The molecule has 82 valence electrons. The number of aromatic nitrogens is 2. The second-order valence-corrected chi connectivity index (χ2v) is 3.43. The molecule has 0 saturated heterocycles. The van der Waals surface area contributed by atoms with E-state index >= 15 is 0 Å². The van der Waals surface area contributed by atoms with Crippen molar-refractivity contribution in [3.05, 3.63) is 18.2 Å². The van der Waals surface area contributed by atoms with Gasteiger partial charge in [0, 0.05) is 32.3 Å². The third-order valence-corrected chi connectivity index (χ3v) is 2.17. The third kappa shape index (κ3) is 4.18. The van der Waals surface area contributed by atoms with Gasteiger partial charge in [0.25, 0.3) is 0 Å². The third-order valence-electron chi connectivity index (χ3n) is 2.17. The Labute approximate surface area is 91.9 Å². The summed E-state index contributed by atoms with van der Waals surface area (Å²) in [6.07, 6.45) is 5.88. The lowest BCUT2D eigenvalue weighted by Crippen LogP contribution is -2.16. The van der Waals surface area contributed by atoms with Crippen LogP contribution in [-0.2, 0) is 13.1 Å². The largest absolute Gasteiger partial charge is 0.333 e. The van der Waals surface area contributed by atoms with Crippen LogP contribution in [0.25, 0.3) is 0 Å². The maximum Gasteiger partial charge on any atom is 0.0948 e. The van der Waals surface area contributed by atoms with Gasteiger partial charge in [-0.3, -0.25) is 0 Å². The van der Waals surface area contributed by atoms with Crippen LogP contribution in [0.2, 0.25) is 0 Å². The number of hydrogen-bond acceptors (Lipinski definition) is 2. The van der Waals surface area contributed by atoms with Crippen LogP contribution in [0.15, 0.2) is 12.5 Å². The Morgan fingerprint density at radius 3 is 3.13 bits per heavy atom. The molecule has 0 aromatic carbocycles. The molecule has 0 atom stereocenters. The summed E-state index contributed by atoms with van der Waals surface area (Å²) in [5, 5.41) is 3.36. The van der Waals surface area contributed by atoms with Crippen molar-refractivity contribution in [2.45, 2.75) is 39.8 Å². The summed E-state index contributed by atoms with van der Waals surface area (Å²) in [5.74, 6) is 5.92. The van der Waals surface area contributed by atoms with Gasteiger partial charge in [0.15, 0.2) is 0 Å². The normalized spacial score (nSPS) is 9.73. The van der Waals surface area contributed by atoms with E-state index in [0.717, 1.165) is 32.5 Å². The molecule has 1 heterocycles. The number of rotatable bonds is 6. The first-order valence-corrected chi connectivity index (χ1v) is 5.47. The molecule has 0 spiro atoms. The topological polar surface area (TPSA) is 29.9 Å². The fraction of sp³-hybridized carbons (Fsp3) is 0.583. The first-order valence-electron chi connectivity index (χ1n) is 5.47. The maximum atomic E-state index is 4.15. The quantitative estimate of drug-likeness (QED) is 0.567. The zero-order valence-electron chi connectivity index (χ0n) is 9.58. The summed E-state index contributed by atoms with van der Waals surface area (Å²) < 4.78 is 2.19. The van der Waals surface area contributed by atoms with E-state index in [1.54, 1.807) is 0 Å². The molecule has 1 N–H and O–H groups in total. The average Bonchev–Trinajstić information content (AvgIpc) is 2.66. The zero-order valence-corrected chi connectivity index (χ0v) is 9.58. The summed E-state index contributed by atoms with van der Waals surface area (Å²) in [6.45, 7) is 6.92. The minimum absolute atomic E-state index is 0.880. The van der Waals surface area contributed by atoms with Gasteiger partial charge in [0.05, 0.1) is 12.0 Å². The smallest absolute Gasteiger partial charge is 0.0948 e. The first-order chi connectivity index (χ1) is 7.38. The van der Waals surface area contributed by atoms with E-state index in [-0.39, 0.29) is 0 Å². The van der Waals surface area contributed by atoms with Crippen molar-refractivity contribution in [2.24, 2.45) is 0 Å². The van der Waals surface area contributed by atoms with Crippen LogP contribution in [0, 0.1) is 11.8 Å². The summed E-state index contributed by atoms with van der Waals surface area (Å²) in [5.41, 5.74) is 1.25. The fourth-order valence-corrected chi connectivity index (χ4v) is 1.43. The molecule has 1 aromatic heterocycles. The molecule has 0 fully saturated rings. The molecule has 0 saturated carbocycles. The Morgan fingerprint density at radius 1 is 1.53 bits per heavy atom. The van der Waals surface area contributed by atoms with Gasteiger partial charge in [0.1, 0.15) is 0 Å². The lowest BCUT2D eigenvalue weighted by Gasteiger charge is -2.06. The Morgan fingerprint density at radius 2 is 2.40 bits per heavy atom. The van der Waals surface area contributed by atoms with E-state index in [9.17, 15) is 0 Å². The molecular weight excluding hydrogens is 186 g/mol. The van der Waals surface area contributed by atoms with Crippen LogP contribution in [0.3, 0.4) is 0 Å². The Balaban J connectivity index is 2.29. The van der Waals surface area contributed by atoms with Gasteiger partial charge in [-0.05, 0) is 13.3 Å². The van der Waals surface area contributed by atoms with Crippen LogP contribution >= 0.6 is 0 Å². The van der Waals surface area contributed by atoms with Crippen molar-refractivity contribution in [3.8, 4) is 11.8 Å². The van der Waals surface area contributed by atoms with Gasteiger partial charge in [-0.15, -0.1) is 11.8 Å². The van der Waals surface area contributed by atoms with Crippen molar-refractivity contribution in [3.63, 3.8) is 0 Å². The van der Waals surface area contributed by atoms with Gasteiger partial charge in [-0.1, -0.05) is 6.92 Å². The van der Waals surface area contributed by atoms with Crippen LogP contribution in [-0.4, -0.2) is 16.1 Å². The molecule has 15 heavy (non-hydrogen) atoms. The summed E-state index contributed by atoms with van der Waals surface area (Å²) in [6, 6.07) is 0. The van der Waals surface area contributed by atoms with Crippen molar-refractivity contribution >= 4 is 0 Å². The molecular formula is C12H19N3. The number of imidazole rings is 1. The van der Waals surface area contributed by atoms with Crippen LogP contribution in [0.1, 0.15) is 32.4 Å². The SMILES string of the molecule is CC#CCCNCc1cncn1CCC. The predicted octanol–water partition coefficient (Wildman–Crippen LogP) is 1.80. The number of hydrogen-bond donors (Lipinski definition) is 1. The molecule has 1 rings (SSSR count). The molecule has 1 aromatic rings. The van der Waals surface area contributed by atoms with E-state index in [0.29, 0.717) is 0 Å². The van der Waals surface area contributed by atoms with Crippen LogP contribution < -0.4 is 5.32 Å². The van der Waals surface area contributed by atoms with Gasteiger partial charge >= 0.3 is 0 Å². The Bertz CT molecular complexity index is 330. The van der Waals surface area contributed by atoms with Gasteiger partial charge < -0.3 is 9.88 Å². The molecule has 0 unspecified atom stereocenters. The molecule has 0 amide bonds. The summed E-state index contributed by atoms with van der Waals surface area (Å²) >= 11 is 0. The van der Waals surface area contributed by atoms with Crippen molar-refractivity contribution in [1.82, 2.24) is 14.9 Å². The number of aryl methyl sites for hydroxylation is 1. The molecule has 0 aliphatic carbocycles. The molecule has 0 radical (unpaired) electrons. The highest BCUT2D eigenvalue weighted by molar-refractivity contribution is 4.99. The average molecular weight is 205 g/mol. The van der Waals surface area contributed by atoms with E-state index in [1.165, 1.54) is 5.69 Å². The minimum atomic E-state index is 0.880. The Kier molecular flexibility index (Phi) is 5.57. The lowest BCUT2D eigenvalue weighted by atomic mass is 10.4.